The molecule has 0 saturated carbocycles. The number of carbonyl (C=O) groups is 3. The SMILES string of the molecule is COc1ccc(SCC(=O)Nc2ccc3c(c2)C(=O)N(C)C3=O)cc1. The molecule has 0 unspecified atom stereocenters. The fourth-order valence-electron chi connectivity index (χ4n) is 2.46. The summed E-state index contributed by atoms with van der Waals surface area (Å²) in [7, 11) is 3.04. The summed E-state index contributed by atoms with van der Waals surface area (Å²) >= 11 is 1.40. The van der Waals surface area contributed by atoms with Gasteiger partial charge in [-0.3, -0.25) is 19.3 Å². The highest BCUT2D eigenvalue weighted by atomic mass is 32.2. The number of thioether (sulfide) groups is 1. The summed E-state index contributed by atoms with van der Waals surface area (Å²) < 4.78 is 5.09. The second-order valence-corrected chi connectivity index (χ2v) is 6.49. The van der Waals surface area contributed by atoms with Crippen molar-refractivity contribution in [1.82, 2.24) is 4.90 Å². The highest BCUT2D eigenvalue weighted by Crippen LogP contribution is 2.25. The van der Waals surface area contributed by atoms with Crippen LogP contribution in [0.1, 0.15) is 20.7 Å². The van der Waals surface area contributed by atoms with E-state index in [1.165, 1.54) is 24.9 Å². The van der Waals surface area contributed by atoms with Gasteiger partial charge >= 0.3 is 0 Å². The van der Waals surface area contributed by atoms with Crippen molar-refractivity contribution in [2.24, 2.45) is 0 Å². The molecule has 1 aliphatic heterocycles. The largest absolute Gasteiger partial charge is 0.497 e. The average molecular weight is 356 g/mol. The Morgan fingerprint density at radius 2 is 1.76 bits per heavy atom. The second kappa shape index (κ2) is 6.98. The summed E-state index contributed by atoms with van der Waals surface area (Å²) in [5.41, 5.74) is 1.17. The van der Waals surface area contributed by atoms with Gasteiger partial charge in [0.1, 0.15) is 5.75 Å². The Labute approximate surface area is 149 Å². The second-order valence-electron chi connectivity index (χ2n) is 5.44. The molecular weight excluding hydrogens is 340 g/mol. The summed E-state index contributed by atoms with van der Waals surface area (Å²) in [5.74, 6) is 0.120. The van der Waals surface area contributed by atoms with E-state index in [-0.39, 0.29) is 23.5 Å². The number of fused-ring (bicyclic) bond motifs is 1. The predicted molar refractivity (Wildman–Crippen MR) is 95.2 cm³/mol. The molecule has 0 aliphatic carbocycles. The van der Waals surface area contributed by atoms with E-state index >= 15 is 0 Å². The molecule has 0 fully saturated rings. The van der Waals surface area contributed by atoms with Gasteiger partial charge in [-0.2, -0.15) is 0 Å². The lowest BCUT2D eigenvalue weighted by molar-refractivity contribution is -0.113. The molecule has 0 radical (unpaired) electrons. The third kappa shape index (κ3) is 3.51. The molecule has 0 saturated heterocycles. The van der Waals surface area contributed by atoms with E-state index in [9.17, 15) is 14.4 Å². The van der Waals surface area contributed by atoms with E-state index in [1.54, 1.807) is 19.2 Å². The van der Waals surface area contributed by atoms with Crippen LogP contribution in [0.3, 0.4) is 0 Å². The molecule has 7 heteroatoms. The molecule has 0 aromatic heterocycles. The van der Waals surface area contributed by atoms with Gasteiger partial charge in [0.05, 0.1) is 24.0 Å². The third-order valence-corrected chi connectivity index (χ3v) is 4.81. The van der Waals surface area contributed by atoms with Gasteiger partial charge in [0, 0.05) is 17.6 Å². The molecule has 3 rings (SSSR count). The van der Waals surface area contributed by atoms with Crippen LogP contribution in [0, 0.1) is 0 Å². The molecule has 0 atom stereocenters. The quantitative estimate of drug-likeness (QED) is 0.658. The minimum atomic E-state index is -0.358. The van der Waals surface area contributed by atoms with Crippen molar-refractivity contribution in [2.75, 3.05) is 25.2 Å². The maximum atomic E-state index is 12.1. The Kier molecular flexibility index (Phi) is 4.76. The van der Waals surface area contributed by atoms with E-state index in [4.69, 9.17) is 4.74 Å². The zero-order chi connectivity index (χ0) is 18.0. The van der Waals surface area contributed by atoms with E-state index < -0.39 is 0 Å². The maximum absolute atomic E-state index is 12.1. The van der Waals surface area contributed by atoms with Crippen LogP contribution in [0.4, 0.5) is 5.69 Å². The van der Waals surface area contributed by atoms with Crippen molar-refractivity contribution in [3.05, 3.63) is 53.6 Å². The Hall–Kier alpha value is -2.80. The van der Waals surface area contributed by atoms with Gasteiger partial charge in [-0.1, -0.05) is 0 Å². The summed E-state index contributed by atoms with van der Waals surface area (Å²) in [6, 6.07) is 12.2. The number of nitrogens with zero attached hydrogens (tertiary/aromatic N) is 1. The van der Waals surface area contributed by atoms with Crippen LogP contribution >= 0.6 is 11.8 Å². The van der Waals surface area contributed by atoms with Gasteiger partial charge in [-0.25, -0.2) is 0 Å². The smallest absolute Gasteiger partial charge is 0.261 e. The van der Waals surface area contributed by atoms with Crippen LogP contribution < -0.4 is 10.1 Å². The van der Waals surface area contributed by atoms with E-state index in [0.29, 0.717) is 16.8 Å². The average Bonchev–Trinajstić information content (AvgIpc) is 2.84. The lowest BCUT2D eigenvalue weighted by Crippen LogP contribution is -2.24. The molecule has 2 aromatic carbocycles. The van der Waals surface area contributed by atoms with Crippen LogP contribution in [0.2, 0.25) is 0 Å². The summed E-state index contributed by atoms with van der Waals surface area (Å²) in [6.07, 6.45) is 0. The number of benzene rings is 2. The minimum Gasteiger partial charge on any atom is -0.497 e. The number of carbonyl (C=O) groups excluding carboxylic acids is 3. The van der Waals surface area contributed by atoms with Crippen molar-refractivity contribution in [2.45, 2.75) is 4.90 Å². The summed E-state index contributed by atoms with van der Waals surface area (Å²) in [4.78, 5) is 38.0. The predicted octanol–water partition coefficient (Wildman–Crippen LogP) is 2.65. The number of nitrogens with one attached hydrogen (secondary N) is 1. The Morgan fingerprint density at radius 1 is 1.08 bits per heavy atom. The normalized spacial score (nSPS) is 13.0. The van der Waals surface area contributed by atoms with E-state index in [1.807, 2.05) is 24.3 Å². The molecule has 1 N–H and O–H groups in total. The van der Waals surface area contributed by atoms with Crippen molar-refractivity contribution in [3.63, 3.8) is 0 Å². The highest BCUT2D eigenvalue weighted by Gasteiger charge is 2.32. The molecule has 1 aliphatic rings. The molecule has 0 spiro atoms. The van der Waals surface area contributed by atoms with Gasteiger partial charge in [0.25, 0.3) is 11.8 Å². The number of rotatable bonds is 5. The molecule has 25 heavy (non-hydrogen) atoms. The van der Waals surface area contributed by atoms with Crippen LogP contribution in [-0.2, 0) is 4.79 Å². The molecule has 2 aromatic rings. The number of hydrogen-bond donors (Lipinski definition) is 1. The Morgan fingerprint density at radius 3 is 2.44 bits per heavy atom. The van der Waals surface area contributed by atoms with Crippen molar-refractivity contribution in [3.8, 4) is 5.75 Å². The monoisotopic (exact) mass is 356 g/mol. The van der Waals surface area contributed by atoms with Crippen LogP contribution in [-0.4, -0.2) is 42.5 Å². The first-order chi connectivity index (χ1) is 12.0. The van der Waals surface area contributed by atoms with Crippen molar-refractivity contribution in [1.29, 1.82) is 0 Å². The van der Waals surface area contributed by atoms with Gasteiger partial charge in [-0.15, -0.1) is 11.8 Å². The number of amides is 3. The minimum absolute atomic E-state index is 0.189. The summed E-state index contributed by atoms with van der Waals surface area (Å²) in [5, 5.41) is 2.75. The van der Waals surface area contributed by atoms with Crippen LogP contribution in [0.15, 0.2) is 47.4 Å². The lowest BCUT2D eigenvalue weighted by atomic mass is 10.1. The third-order valence-electron chi connectivity index (χ3n) is 3.80. The first-order valence-electron chi connectivity index (χ1n) is 7.52. The molecule has 6 nitrogen and oxygen atoms in total. The number of hydrogen-bond acceptors (Lipinski definition) is 5. The number of anilines is 1. The molecule has 3 amide bonds. The lowest BCUT2D eigenvalue weighted by Gasteiger charge is -2.07. The zero-order valence-electron chi connectivity index (χ0n) is 13.7. The molecule has 0 bridgehead atoms. The Bertz CT molecular complexity index is 849. The zero-order valence-corrected chi connectivity index (χ0v) is 14.6. The molecule has 128 valence electrons. The number of methoxy groups -OCH3 is 1. The Balaban J connectivity index is 1.62. The van der Waals surface area contributed by atoms with Gasteiger partial charge in [0.15, 0.2) is 0 Å². The molecule has 1 heterocycles. The van der Waals surface area contributed by atoms with E-state index in [0.717, 1.165) is 15.5 Å². The van der Waals surface area contributed by atoms with Gasteiger partial charge in [-0.05, 0) is 42.5 Å². The fraction of sp³-hybridized carbons (Fsp3) is 0.167. The summed E-state index contributed by atoms with van der Waals surface area (Å²) in [6.45, 7) is 0. The molecular formula is C18H16N2O4S. The fourth-order valence-corrected chi connectivity index (χ4v) is 3.16. The van der Waals surface area contributed by atoms with Crippen LogP contribution in [0.5, 0.6) is 5.75 Å². The van der Waals surface area contributed by atoms with Gasteiger partial charge in [0.2, 0.25) is 5.91 Å². The number of ether oxygens (including phenoxy) is 1. The number of imide groups is 1. The van der Waals surface area contributed by atoms with Crippen LogP contribution in [0.25, 0.3) is 0 Å². The first-order valence-corrected chi connectivity index (χ1v) is 8.51. The van der Waals surface area contributed by atoms with Gasteiger partial charge < -0.3 is 10.1 Å². The van der Waals surface area contributed by atoms with Crippen molar-refractivity contribution >= 4 is 35.2 Å². The topological polar surface area (TPSA) is 75.7 Å². The maximum Gasteiger partial charge on any atom is 0.261 e. The highest BCUT2D eigenvalue weighted by molar-refractivity contribution is 8.00. The standard InChI is InChI=1S/C18H16N2O4S/c1-20-17(22)14-8-3-11(9-15(14)18(20)23)19-16(21)10-25-13-6-4-12(24-2)5-7-13/h3-9H,10H2,1-2H3,(H,19,21). The first kappa shape index (κ1) is 17.0. The van der Waals surface area contributed by atoms with E-state index in [2.05, 4.69) is 5.32 Å². The van der Waals surface area contributed by atoms with Crippen molar-refractivity contribution < 1.29 is 19.1 Å².